The molecule has 1 N–H and O–H groups in total. The molecular formula is C16H23N. The van der Waals surface area contributed by atoms with Crippen molar-refractivity contribution in [1.82, 2.24) is 4.98 Å². The van der Waals surface area contributed by atoms with Crippen molar-refractivity contribution in [1.29, 1.82) is 0 Å². The van der Waals surface area contributed by atoms with E-state index >= 15 is 0 Å². The Bertz CT molecular complexity index is 532. The number of aromatic amines is 1. The zero-order chi connectivity index (χ0) is 12.6. The van der Waals surface area contributed by atoms with Crippen molar-refractivity contribution < 1.29 is 0 Å². The van der Waals surface area contributed by atoms with Crippen LogP contribution in [0.15, 0.2) is 12.1 Å². The van der Waals surface area contributed by atoms with Crippen LogP contribution in [0.5, 0.6) is 0 Å². The predicted octanol–water partition coefficient (Wildman–Crippen LogP) is 4.55. The lowest BCUT2D eigenvalue weighted by molar-refractivity contribution is 0.634. The normalized spacial score (nSPS) is 11.6. The van der Waals surface area contributed by atoms with Gasteiger partial charge in [0.2, 0.25) is 0 Å². The van der Waals surface area contributed by atoms with E-state index in [1.165, 1.54) is 33.3 Å². The van der Waals surface area contributed by atoms with Crippen LogP contribution in [0.4, 0.5) is 0 Å². The third-order valence-electron chi connectivity index (χ3n) is 3.53. The molecular weight excluding hydrogens is 206 g/mol. The molecule has 0 radical (unpaired) electrons. The van der Waals surface area contributed by atoms with Crippen molar-refractivity contribution in [3.63, 3.8) is 0 Å². The monoisotopic (exact) mass is 229 g/mol. The summed E-state index contributed by atoms with van der Waals surface area (Å²) in [6.07, 6.45) is 2.27. The number of aromatic nitrogens is 1. The molecule has 2 aromatic rings. The summed E-state index contributed by atoms with van der Waals surface area (Å²) in [7, 11) is 0. The van der Waals surface area contributed by atoms with Crippen LogP contribution in [0.1, 0.15) is 43.2 Å². The fraction of sp³-hybridized carbons (Fsp3) is 0.500. The molecule has 0 aliphatic rings. The van der Waals surface area contributed by atoms with Crippen molar-refractivity contribution in [2.24, 2.45) is 5.92 Å². The van der Waals surface area contributed by atoms with Crippen molar-refractivity contribution in [3.8, 4) is 0 Å². The quantitative estimate of drug-likeness (QED) is 0.795. The molecule has 1 nitrogen and oxygen atoms in total. The lowest BCUT2D eigenvalue weighted by atomic mass is 9.98. The summed E-state index contributed by atoms with van der Waals surface area (Å²) >= 11 is 0. The lowest BCUT2D eigenvalue weighted by Gasteiger charge is -2.05. The van der Waals surface area contributed by atoms with Crippen LogP contribution in [-0.4, -0.2) is 4.98 Å². The van der Waals surface area contributed by atoms with E-state index in [-0.39, 0.29) is 0 Å². The second kappa shape index (κ2) is 4.56. The number of benzene rings is 1. The molecule has 0 saturated carbocycles. The molecule has 0 bridgehead atoms. The van der Waals surface area contributed by atoms with Gasteiger partial charge in [0.1, 0.15) is 0 Å². The van der Waals surface area contributed by atoms with Crippen molar-refractivity contribution >= 4 is 10.9 Å². The van der Waals surface area contributed by atoms with Gasteiger partial charge in [0.25, 0.3) is 0 Å². The average molecular weight is 229 g/mol. The summed E-state index contributed by atoms with van der Waals surface area (Å²) in [5, 5.41) is 1.46. The Balaban J connectivity index is 2.70. The third kappa shape index (κ3) is 2.11. The van der Waals surface area contributed by atoms with E-state index in [4.69, 9.17) is 0 Å². The van der Waals surface area contributed by atoms with E-state index < -0.39 is 0 Å². The molecule has 1 aromatic carbocycles. The minimum atomic E-state index is 0.703. The van der Waals surface area contributed by atoms with Crippen LogP contribution >= 0.6 is 0 Å². The topological polar surface area (TPSA) is 15.8 Å². The van der Waals surface area contributed by atoms with Gasteiger partial charge in [0, 0.05) is 16.6 Å². The maximum Gasteiger partial charge on any atom is 0.0491 e. The maximum absolute atomic E-state index is 3.66. The number of rotatable bonds is 3. The maximum atomic E-state index is 3.66. The van der Waals surface area contributed by atoms with Gasteiger partial charge in [-0.3, -0.25) is 0 Å². The molecule has 2 rings (SSSR count). The molecule has 0 unspecified atom stereocenters. The summed E-state index contributed by atoms with van der Waals surface area (Å²) in [6.45, 7) is 11.2. The van der Waals surface area contributed by atoms with Gasteiger partial charge < -0.3 is 4.98 Å². The molecule has 0 aliphatic heterocycles. The average Bonchev–Trinajstić information content (AvgIpc) is 2.62. The predicted molar refractivity (Wildman–Crippen MR) is 75.7 cm³/mol. The Hall–Kier alpha value is -1.24. The Labute approximate surface area is 104 Å². The van der Waals surface area contributed by atoms with Crippen LogP contribution in [0.25, 0.3) is 10.9 Å². The Morgan fingerprint density at radius 1 is 1.12 bits per heavy atom. The van der Waals surface area contributed by atoms with E-state index in [0.29, 0.717) is 5.92 Å². The molecule has 0 fully saturated rings. The van der Waals surface area contributed by atoms with Gasteiger partial charge >= 0.3 is 0 Å². The van der Waals surface area contributed by atoms with E-state index in [2.05, 4.69) is 51.7 Å². The summed E-state index contributed by atoms with van der Waals surface area (Å²) in [5.74, 6) is 0.703. The first-order valence-corrected chi connectivity index (χ1v) is 6.64. The third-order valence-corrected chi connectivity index (χ3v) is 3.53. The minimum Gasteiger partial charge on any atom is -0.358 e. The van der Waals surface area contributed by atoms with Gasteiger partial charge in [0.05, 0.1) is 0 Å². The Morgan fingerprint density at radius 3 is 2.35 bits per heavy atom. The summed E-state index contributed by atoms with van der Waals surface area (Å²) in [5.41, 5.74) is 7.06. The molecule has 17 heavy (non-hydrogen) atoms. The molecule has 0 saturated heterocycles. The van der Waals surface area contributed by atoms with Crippen molar-refractivity contribution in [3.05, 3.63) is 34.5 Å². The summed E-state index contributed by atoms with van der Waals surface area (Å²) in [6, 6.07) is 4.45. The number of hydrogen-bond donors (Lipinski definition) is 1. The van der Waals surface area contributed by atoms with Gasteiger partial charge in [-0.2, -0.15) is 0 Å². The molecule has 0 atom stereocenters. The standard InChI is InChI=1S/C16H23N/c1-6-13-14(9-10(2)3)17-16-12(5)8-7-11(4)15(13)16/h7-8,10,17H,6,9H2,1-5H3. The first-order chi connectivity index (χ1) is 8.04. The fourth-order valence-corrected chi connectivity index (χ4v) is 2.71. The molecule has 0 spiro atoms. The number of hydrogen-bond acceptors (Lipinski definition) is 0. The number of aryl methyl sites for hydroxylation is 3. The molecule has 1 heteroatoms. The van der Waals surface area contributed by atoms with Crippen LogP contribution in [0.3, 0.4) is 0 Å². The van der Waals surface area contributed by atoms with Crippen LogP contribution in [0, 0.1) is 19.8 Å². The summed E-state index contributed by atoms with van der Waals surface area (Å²) in [4.78, 5) is 3.66. The van der Waals surface area contributed by atoms with E-state index in [1.807, 2.05) is 0 Å². The Kier molecular flexibility index (Phi) is 3.28. The SMILES string of the molecule is CCc1c(CC(C)C)[nH]c2c(C)ccc(C)c12. The number of fused-ring (bicyclic) bond motifs is 1. The molecule has 1 aromatic heterocycles. The first kappa shape index (κ1) is 12.2. The number of nitrogens with one attached hydrogen (secondary N) is 1. The highest BCUT2D eigenvalue weighted by Crippen LogP contribution is 2.29. The van der Waals surface area contributed by atoms with Crippen molar-refractivity contribution in [2.45, 2.75) is 47.5 Å². The second-order valence-corrected chi connectivity index (χ2v) is 5.48. The van der Waals surface area contributed by atoms with E-state index in [1.54, 1.807) is 0 Å². The Morgan fingerprint density at radius 2 is 1.76 bits per heavy atom. The van der Waals surface area contributed by atoms with Crippen molar-refractivity contribution in [2.75, 3.05) is 0 Å². The zero-order valence-corrected chi connectivity index (χ0v) is 11.6. The van der Waals surface area contributed by atoms with E-state index in [0.717, 1.165) is 12.8 Å². The molecule has 0 amide bonds. The van der Waals surface area contributed by atoms with Gasteiger partial charge in [-0.1, -0.05) is 32.9 Å². The van der Waals surface area contributed by atoms with E-state index in [9.17, 15) is 0 Å². The largest absolute Gasteiger partial charge is 0.358 e. The minimum absolute atomic E-state index is 0.703. The van der Waals surface area contributed by atoms with Gasteiger partial charge in [-0.05, 0) is 49.3 Å². The molecule has 0 aliphatic carbocycles. The van der Waals surface area contributed by atoms with Crippen LogP contribution in [-0.2, 0) is 12.8 Å². The highest BCUT2D eigenvalue weighted by atomic mass is 14.7. The molecule has 1 heterocycles. The van der Waals surface area contributed by atoms with Gasteiger partial charge in [-0.25, -0.2) is 0 Å². The fourth-order valence-electron chi connectivity index (χ4n) is 2.71. The first-order valence-electron chi connectivity index (χ1n) is 6.64. The lowest BCUT2D eigenvalue weighted by Crippen LogP contribution is -1.97. The van der Waals surface area contributed by atoms with Gasteiger partial charge in [0.15, 0.2) is 0 Å². The molecule has 92 valence electrons. The number of H-pyrrole nitrogens is 1. The smallest absolute Gasteiger partial charge is 0.0491 e. The zero-order valence-electron chi connectivity index (χ0n) is 11.6. The highest BCUT2D eigenvalue weighted by Gasteiger charge is 2.13. The van der Waals surface area contributed by atoms with Crippen LogP contribution in [0.2, 0.25) is 0 Å². The van der Waals surface area contributed by atoms with Gasteiger partial charge in [-0.15, -0.1) is 0 Å². The van der Waals surface area contributed by atoms with Crippen LogP contribution < -0.4 is 0 Å². The second-order valence-electron chi connectivity index (χ2n) is 5.48. The summed E-state index contributed by atoms with van der Waals surface area (Å²) < 4.78 is 0. The highest BCUT2D eigenvalue weighted by molar-refractivity contribution is 5.90.